The van der Waals surface area contributed by atoms with Gasteiger partial charge in [-0.2, -0.15) is 0 Å². The second kappa shape index (κ2) is 7.29. The van der Waals surface area contributed by atoms with Crippen LogP contribution in [0.4, 0.5) is 0 Å². The van der Waals surface area contributed by atoms with E-state index in [1.165, 1.54) is 37.4 Å². The predicted octanol–water partition coefficient (Wildman–Crippen LogP) is 3.72. The number of aliphatic carboxylic acids is 1. The minimum Gasteiger partial charge on any atom is -0.481 e. The standard InChI is InChI=1S/C15H25N3O2S/c1-10(2)5-4-6-11(3)18-14(12-7-8-12)16-17-15(18)21-9-13(19)20/h10-12H,4-9H2,1-3H3,(H,19,20). The van der Waals surface area contributed by atoms with Crippen LogP contribution in [-0.4, -0.2) is 31.6 Å². The number of hydrogen-bond donors (Lipinski definition) is 1. The molecule has 0 aromatic carbocycles. The number of carbonyl (C=O) groups is 1. The summed E-state index contributed by atoms with van der Waals surface area (Å²) in [4.78, 5) is 10.8. The van der Waals surface area contributed by atoms with Crippen LogP contribution in [0.3, 0.4) is 0 Å². The van der Waals surface area contributed by atoms with Gasteiger partial charge in [0.1, 0.15) is 5.82 Å². The first-order valence-corrected chi connectivity index (χ1v) is 8.77. The van der Waals surface area contributed by atoms with Crippen molar-refractivity contribution in [2.24, 2.45) is 5.92 Å². The summed E-state index contributed by atoms with van der Waals surface area (Å²) in [6.45, 7) is 6.68. The fourth-order valence-electron chi connectivity index (χ4n) is 2.50. The largest absolute Gasteiger partial charge is 0.481 e. The molecule has 0 saturated heterocycles. The fraction of sp³-hybridized carbons (Fsp3) is 0.800. The first kappa shape index (κ1) is 16.3. The van der Waals surface area contributed by atoms with Crippen molar-refractivity contribution in [1.82, 2.24) is 14.8 Å². The maximum atomic E-state index is 10.8. The highest BCUT2D eigenvalue weighted by atomic mass is 32.2. The van der Waals surface area contributed by atoms with Gasteiger partial charge in [0.2, 0.25) is 0 Å². The van der Waals surface area contributed by atoms with E-state index in [9.17, 15) is 4.79 Å². The van der Waals surface area contributed by atoms with Gasteiger partial charge in [0.15, 0.2) is 5.16 Å². The first-order valence-electron chi connectivity index (χ1n) is 7.78. The molecule has 2 rings (SSSR count). The van der Waals surface area contributed by atoms with E-state index in [0.717, 1.165) is 23.3 Å². The number of nitrogens with zero attached hydrogens (tertiary/aromatic N) is 3. The number of carboxylic acids is 1. The molecule has 0 aliphatic heterocycles. The smallest absolute Gasteiger partial charge is 0.313 e. The molecule has 1 N–H and O–H groups in total. The number of aromatic nitrogens is 3. The Morgan fingerprint density at radius 3 is 2.62 bits per heavy atom. The Balaban J connectivity index is 2.06. The van der Waals surface area contributed by atoms with Crippen molar-refractivity contribution in [2.75, 3.05) is 5.75 Å². The lowest BCUT2D eigenvalue weighted by Gasteiger charge is -2.18. The zero-order chi connectivity index (χ0) is 15.4. The summed E-state index contributed by atoms with van der Waals surface area (Å²) >= 11 is 1.28. The number of hydrogen-bond acceptors (Lipinski definition) is 4. The second-order valence-electron chi connectivity index (χ2n) is 6.34. The van der Waals surface area contributed by atoms with Gasteiger partial charge in [0, 0.05) is 12.0 Å². The quantitative estimate of drug-likeness (QED) is 0.704. The third-order valence-electron chi connectivity index (χ3n) is 3.80. The van der Waals surface area contributed by atoms with Gasteiger partial charge in [-0.15, -0.1) is 10.2 Å². The Morgan fingerprint density at radius 2 is 2.05 bits per heavy atom. The molecule has 1 aliphatic carbocycles. The van der Waals surface area contributed by atoms with Gasteiger partial charge in [0.25, 0.3) is 0 Å². The molecule has 0 bridgehead atoms. The molecule has 21 heavy (non-hydrogen) atoms. The van der Waals surface area contributed by atoms with E-state index in [1.807, 2.05) is 0 Å². The van der Waals surface area contributed by atoms with Crippen LogP contribution in [0.2, 0.25) is 0 Å². The molecule has 118 valence electrons. The van der Waals surface area contributed by atoms with Crippen molar-refractivity contribution >= 4 is 17.7 Å². The van der Waals surface area contributed by atoms with Crippen LogP contribution in [0.15, 0.2) is 5.16 Å². The minimum absolute atomic E-state index is 0.0432. The highest BCUT2D eigenvalue weighted by molar-refractivity contribution is 7.99. The summed E-state index contributed by atoms with van der Waals surface area (Å²) in [5.74, 6) is 1.54. The lowest BCUT2D eigenvalue weighted by atomic mass is 10.0. The van der Waals surface area contributed by atoms with Crippen LogP contribution >= 0.6 is 11.8 Å². The van der Waals surface area contributed by atoms with Crippen LogP contribution in [0.5, 0.6) is 0 Å². The van der Waals surface area contributed by atoms with Gasteiger partial charge < -0.3 is 9.67 Å². The molecule has 1 atom stereocenters. The van der Waals surface area contributed by atoms with Crippen molar-refractivity contribution in [3.05, 3.63) is 5.82 Å². The summed E-state index contributed by atoms with van der Waals surface area (Å²) in [6, 6.07) is 0.339. The Hall–Kier alpha value is -1.04. The van der Waals surface area contributed by atoms with Crippen molar-refractivity contribution in [3.63, 3.8) is 0 Å². The molecule has 1 unspecified atom stereocenters. The zero-order valence-electron chi connectivity index (χ0n) is 13.1. The molecule has 1 aliphatic rings. The number of carboxylic acid groups (broad SMARTS) is 1. The molecular weight excluding hydrogens is 286 g/mol. The maximum Gasteiger partial charge on any atom is 0.313 e. The van der Waals surface area contributed by atoms with Crippen molar-refractivity contribution < 1.29 is 9.90 Å². The second-order valence-corrected chi connectivity index (χ2v) is 7.28. The molecule has 6 heteroatoms. The average molecular weight is 311 g/mol. The highest BCUT2D eigenvalue weighted by Gasteiger charge is 2.31. The Kier molecular flexibility index (Phi) is 5.67. The fourth-order valence-corrected chi connectivity index (χ4v) is 3.26. The summed E-state index contributed by atoms with van der Waals surface area (Å²) in [6.07, 6.45) is 5.87. The van der Waals surface area contributed by atoms with Gasteiger partial charge in [-0.05, 0) is 32.1 Å². The molecule has 1 heterocycles. The number of thioether (sulfide) groups is 1. The first-order chi connectivity index (χ1) is 9.99. The Labute approximate surface area is 130 Å². The van der Waals surface area contributed by atoms with E-state index in [4.69, 9.17) is 5.11 Å². The highest BCUT2D eigenvalue weighted by Crippen LogP contribution is 2.41. The number of rotatable bonds is 9. The summed E-state index contributed by atoms with van der Waals surface area (Å²) in [7, 11) is 0. The van der Waals surface area contributed by atoms with Gasteiger partial charge in [-0.25, -0.2) is 0 Å². The molecule has 1 saturated carbocycles. The monoisotopic (exact) mass is 311 g/mol. The molecule has 0 amide bonds. The molecular formula is C15H25N3O2S. The summed E-state index contributed by atoms with van der Waals surface area (Å²) in [5.41, 5.74) is 0. The van der Waals surface area contributed by atoms with E-state index in [1.54, 1.807) is 0 Å². The molecule has 0 radical (unpaired) electrons. The Morgan fingerprint density at radius 1 is 1.33 bits per heavy atom. The van der Waals surface area contributed by atoms with Gasteiger partial charge in [-0.3, -0.25) is 4.79 Å². The topological polar surface area (TPSA) is 68.0 Å². The van der Waals surface area contributed by atoms with Crippen molar-refractivity contribution in [1.29, 1.82) is 0 Å². The Bertz CT molecular complexity index is 483. The lowest BCUT2D eigenvalue weighted by Crippen LogP contribution is -2.11. The predicted molar refractivity (Wildman–Crippen MR) is 83.8 cm³/mol. The minimum atomic E-state index is -0.810. The SMILES string of the molecule is CC(C)CCCC(C)n1c(SCC(=O)O)nnc1C1CC1. The van der Waals surface area contributed by atoms with E-state index in [2.05, 4.69) is 35.5 Å². The van der Waals surface area contributed by atoms with E-state index < -0.39 is 5.97 Å². The maximum absolute atomic E-state index is 10.8. The zero-order valence-corrected chi connectivity index (χ0v) is 13.9. The van der Waals surface area contributed by atoms with E-state index in [0.29, 0.717) is 12.0 Å². The molecule has 1 aromatic rings. The molecule has 0 spiro atoms. The van der Waals surface area contributed by atoms with Crippen LogP contribution in [-0.2, 0) is 4.79 Å². The lowest BCUT2D eigenvalue weighted by molar-refractivity contribution is -0.133. The molecule has 1 fully saturated rings. The van der Waals surface area contributed by atoms with E-state index >= 15 is 0 Å². The normalized spacial score (nSPS) is 16.4. The third-order valence-corrected chi connectivity index (χ3v) is 4.73. The van der Waals surface area contributed by atoms with E-state index in [-0.39, 0.29) is 5.75 Å². The van der Waals surface area contributed by atoms with Crippen LogP contribution in [0.25, 0.3) is 0 Å². The molecule has 1 aromatic heterocycles. The van der Waals surface area contributed by atoms with Gasteiger partial charge >= 0.3 is 5.97 Å². The van der Waals surface area contributed by atoms with Crippen molar-refractivity contribution in [2.45, 2.75) is 70.0 Å². The van der Waals surface area contributed by atoms with Crippen LogP contribution in [0.1, 0.15) is 70.7 Å². The van der Waals surface area contributed by atoms with Crippen LogP contribution < -0.4 is 0 Å². The van der Waals surface area contributed by atoms with Gasteiger partial charge in [0.05, 0.1) is 5.75 Å². The van der Waals surface area contributed by atoms with Crippen LogP contribution in [0, 0.1) is 5.92 Å². The average Bonchev–Trinajstić information content (AvgIpc) is 3.15. The van der Waals surface area contributed by atoms with Crippen molar-refractivity contribution in [3.8, 4) is 0 Å². The summed E-state index contributed by atoms with van der Waals surface area (Å²) in [5, 5.41) is 18.2. The summed E-state index contributed by atoms with van der Waals surface area (Å²) < 4.78 is 2.19. The molecule has 5 nitrogen and oxygen atoms in total. The van der Waals surface area contributed by atoms with Gasteiger partial charge in [-0.1, -0.05) is 38.5 Å². The third kappa shape index (κ3) is 4.73.